The summed E-state index contributed by atoms with van der Waals surface area (Å²) in [5.41, 5.74) is 0. The van der Waals surface area contributed by atoms with E-state index in [1.54, 1.807) is 0 Å². The molecule has 4 nitrogen and oxygen atoms in total. The number of morpholine rings is 1. The van der Waals surface area contributed by atoms with Gasteiger partial charge in [-0.25, -0.2) is 4.98 Å². The maximum Gasteiger partial charge on any atom is 0.140 e. The molecule has 1 fully saturated rings. The molecule has 78 valence electrons. The Labute approximate surface area is 92.9 Å². The van der Waals surface area contributed by atoms with Crippen molar-refractivity contribution in [3.8, 4) is 5.40 Å². The summed E-state index contributed by atoms with van der Waals surface area (Å²) in [6.45, 7) is 3.23. The molecule has 2 heterocycles. The summed E-state index contributed by atoms with van der Waals surface area (Å²) in [6.07, 6.45) is 0. The number of thioether (sulfide) groups is 1. The Bertz CT molecular complexity index is 371. The molecule has 0 aromatic carbocycles. The molecule has 0 spiro atoms. The van der Waals surface area contributed by atoms with Crippen molar-refractivity contribution in [2.24, 2.45) is 0 Å². The van der Waals surface area contributed by atoms with Gasteiger partial charge in [-0.1, -0.05) is 6.07 Å². The van der Waals surface area contributed by atoms with Crippen molar-refractivity contribution in [3.63, 3.8) is 0 Å². The number of ether oxygens (including phenoxy) is 1. The summed E-state index contributed by atoms with van der Waals surface area (Å²) in [6, 6.07) is 5.74. The highest BCUT2D eigenvalue weighted by Gasteiger charge is 2.12. The number of nitriles is 1. The molecule has 1 aliphatic rings. The van der Waals surface area contributed by atoms with Crippen LogP contribution < -0.4 is 4.90 Å². The fraction of sp³-hybridized carbons (Fsp3) is 0.400. The third kappa shape index (κ3) is 2.61. The number of hydrogen-bond donors (Lipinski definition) is 0. The molecule has 0 saturated carbocycles. The minimum Gasteiger partial charge on any atom is -0.378 e. The first kappa shape index (κ1) is 10.3. The first-order valence-electron chi connectivity index (χ1n) is 4.76. The van der Waals surface area contributed by atoms with Crippen LogP contribution in [0.2, 0.25) is 0 Å². The van der Waals surface area contributed by atoms with Crippen molar-refractivity contribution in [2.45, 2.75) is 5.03 Å². The normalized spacial score (nSPS) is 16.1. The van der Waals surface area contributed by atoms with Gasteiger partial charge < -0.3 is 9.64 Å². The van der Waals surface area contributed by atoms with Crippen LogP contribution in [0.15, 0.2) is 23.2 Å². The van der Waals surface area contributed by atoms with E-state index in [-0.39, 0.29) is 0 Å². The van der Waals surface area contributed by atoms with E-state index in [0.717, 1.165) is 48.9 Å². The first-order valence-corrected chi connectivity index (χ1v) is 5.57. The predicted octanol–water partition coefficient (Wildman–Crippen LogP) is 1.49. The lowest BCUT2D eigenvalue weighted by Gasteiger charge is -2.27. The molecule has 15 heavy (non-hydrogen) atoms. The van der Waals surface area contributed by atoms with Crippen LogP contribution in [0, 0.1) is 10.7 Å². The Morgan fingerprint density at radius 3 is 2.93 bits per heavy atom. The van der Waals surface area contributed by atoms with Gasteiger partial charge in [0.2, 0.25) is 0 Å². The average molecular weight is 221 g/mol. The third-order valence-electron chi connectivity index (χ3n) is 2.19. The van der Waals surface area contributed by atoms with E-state index in [0.29, 0.717) is 0 Å². The standard InChI is InChI=1S/C10H11N3OS/c11-8-15-10-3-1-2-9(12-10)13-4-6-14-7-5-13/h1-3H,4-7H2. The van der Waals surface area contributed by atoms with Gasteiger partial charge in [-0.3, -0.25) is 0 Å². The molecule has 0 bridgehead atoms. The summed E-state index contributed by atoms with van der Waals surface area (Å²) in [5, 5.41) is 11.3. The topological polar surface area (TPSA) is 49.2 Å². The molecule has 0 amide bonds. The van der Waals surface area contributed by atoms with Crippen LogP contribution in [0.25, 0.3) is 0 Å². The zero-order chi connectivity index (χ0) is 10.5. The molecule has 0 aliphatic carbocycles. The molecule has 1 saturated heterocycles. The van der Waals surface area contributed by atoms with Gasteiger partial charge in [0.05, 0.1) is 13.2 Å². The monoisotopic (exact) mass is 221 g/mol. The van der Waals surface area contributed by atoms with Gasteiger partial charge in [0.1, 0.15) is 16.2 Å². The Balaban J connectivity index is 2.13. The zero-order valence-electron chi connectivity index (χ0n) is 8.22. The number of aromatic nitrogens is 1. The lowest BCUT2D eigenvalue weighted by atomic mass is 10.4. The molecule has 2 rings (SSSR count). The van der Waals surface area contributed by atoms with Crippen LogP contribution in [-0.2, 0) is 4.74 Å². The van der Waals surface area contributed by atoms with E-state index in [4.69, 9.17) is 10.00 Å². The molecule has 1 aromatic rings. The van der Waals surface area contributed by atoms with E-state index in [1.807, 2.05) is 23.6 Å². The van der Waals surface area contributed by atoms with E-state index in [9.17, 15) is 0 Å². The van der Waals surface area contributed by atoms with Gasteiger partial charge in [-0.2, -0.15) is 5.26 Å². The third-order valence-corrected chi connectivity index (χ3v) is 2.72. The largest absolute Gasteiger partial charge is 0.378 e. The SMILES string of the molecule is N#CSc1cccc(N2CCOCC2)n1. The smallest absolute Gasteiger partial charge is 0.140 e. The summed E-state index contributed by atoms with van der Waals surface area (Å²) in [4.78, 5) is 6.57. The molecule has 1 aliphatic heterocycles. The molecule has 0 atom stereocenters. The second-order valence-corrected chi connectivity index (χ2v) is 3.93. The first-order chi connectivity index (χ1) is 7.40. The molecule has 5 heteroatoms. The van der Waals surface area contributed by atoms with Crippen LogP contribution >= 0.6 is 11.8 Å². The van der Waals surface area contributed by atoms with Gasteiger partial charge in [0.15, 0.2) is 0 Å². The lowest BCUT2D eigenvalue weighted by Crippen LogP contribution is -2.36. The molecule has 1 aromatic heterocycles. The lowest BCUT2D eigenvalue weighted by molar-refractivity contribution is 0.122. The Morgan fingerprint density at radius 2 is 2.20 bits per heavy atom. The van der Waals surface area contributed by atoms with Crippen molar-refractivity contribution in [2.75, 3.05) is 31.2 Å². The number of pyridine rings is 1. The fourth-order valence-corrected chi connectivity index (χ4v) is 1.86. The summed E-state index contributed by atoms with van der Waals surface area (Å²) in [5.74, 6) is 0.929. The average Bonchev–Trinajstić information content (AvgIpc) is 2.31. The highest BCUT2D eigenvalue weighted by atomic mass is 32.2. The number of rotatable bonds is 2. The van der Waals surface area contributed by atoms with Crippen LogP contribution in [0.3, 0.4) is 0 Å². The van der Waals surface area contributed by atoms with Crippen molar-refractivity contribution < 1.29 is 4.74 Å². The van der Waals surface area contributed by atoms with Gasteiger partial charge in [-0.05, 0) is 12.1 Å². The Kier molecular flexibility index (Phi) is 3.43. The summed E-state index contributed by atoms with van der Waals surface area (Å²) < 4.78 is 5.27. The van der Waals surface area contributed by atoms with Gasteiger partial charge in [0.25, 0.3) is 0 Å². The summed E-state index contributed by atoms with van der Waals surface area (Å²) in [7, 11) is 0. The second-order valence-electron chi connectivity index (χ2n) is 3.13. The van der Waals surface area contributed by atoms with Crippen LogP contribution in [0.1, 0.15) is 0 Å². The number of anilines is 1. The van der Waals surface area contributed by atoms with Crippen molar-refractivity contribution in [1.29, 1.82) is 5.26 Å². The van der Waals surface area contributed by atoms with Crippen LogP contribution in [0.4, 0.5) is 5.82 Å². The Morgan fingerprint density at radius 1 is 1.40 bits per heavy atom. The predicted molar refractivity (Wildman–Crippen MR) is 58.7 cm³/mol. The molecular formula is C10H11N3OS. The quantitative estimate of drug-likeness (QED) is 0.559. The van der Waals surface area contributed by atoms with Crippen molar-refractivity contribution in [3.05, 3.63) is 18.2 Å². The van der Waals surface area contributed by atoms with Gasteiger partial charge in [-0.15, -0.1) is 0 Å². The van der Waals surface area contributed by atoms with Crippen LogP contribution in [-0.4, -0.2) is 31.3 Å². The van der Waals surface area contributed by atoms with Crippen LogP contribution in [0.5, 0.6) is 0 Å². The maximum atomic E-state index is 8.56. The maximum absolute atomic E-state index is 8.56. The highest BCUT2D eigenvalue weighted by molar-refractivity contribution is 8.03. The zero-order valence-corrected chi connectivity index (χ0v) is 9.04. The molecule has 0 radical (unpaired) electrons. The van der Waals surface area contributed by atoms with E-state index in [2.05, 4.69) is 9.88 Å². The van der Waals surface area contributed by atoms with Gasteiger partial charge >= 0.3 is 0 Å². The van der Waals surface area contributed by atoms with E-state index < -0.39 is 0 Å². The highest BCUT2D eigenvalue weighted by Crippen LogP contribution is 2.19. The van der Waals surface area contributed by atoms with Gasteiger partial charge in [0, 0.05) is 24.9 Å². The molecule has 0 N–H and O–H groups in total. The number of thiocyanates is 1. The summed E-state index contributed by atoms with van der Waals surface area (Å²) >= 11 is 1.09. The van der Waals surface area contributed by atoms with Crippen molar-refractivity contribution in [1.82, 2.24) is 4.98 Å². The minimum atomic E-state index is 0.747. The van der Waals surface area contributed by atoms with E-state index >= 15 is 0 Å². The second kappa shape index (κ2) is 5.01. The molecular weight excluding hydrogens is 210 g/mol. The Hall–Kier alpha value is -1.25. The fourth-order valence-electron chi connectivity index (χ4n) is 1.48. The van der Waals surface area contributed by atoms with E-state index in [1.165, 1.54) is 0 Å². The minimum absolute atomic E-state index is 0.747. The molecule has 0 unspecified atom stereocenters. The number of hydrogen-bond acceptors (Lipinski definition) is 5. The van der Waals surface area contributed by atoms with Crippen molar-refractivity contribution >= 4 is 17.6 Å². The number of nitrogens with zero attached hydrogens (tertiary/aromatic N) is 3.